The third-order valence-electron chi connectivity index (χ3n) is 3.80. The van der Waals surface area contributed by atoms with Gasteiger partial charge in [-0.25, -0.2) is 0 Å². The fraction of sp³-hybridized carbons (Fsp3) is 0.571. The normalized spacial score (nSPS) is 22.4. The molecule has 1 fully saturated rings. The van der Waals surface area contributed by atoms with E-state index in [1.165, 1.54) is 20.9 Å². The Morgan fingerprint density at radius 3 is 2.94 bits per heavy atom. The zero-order valence-corrected chi connectivity index (χ0v) is 11.2. The number of piperidine rings is 1. The van der Waals surface area contributed by atoms with Gasteiger partial charge in [0.05, 0.1) is 6.61 Å². The van der Waals surface area contributed by atoms with E-state index in [4.69, 9.17) is 4.74 Å². The van der Waals surface area contributed by atoms with E-state index in [9.17, 15) is 0 Å². The first-order valence-corrected chi connectivity index (χ1v) is 7.17. The summed E-state index contributed by atoms with van der Waals surface area (Å²) in [6, 6.07) is 2.33. The van der Waals surface area contributed by atoms with Crippen LogP contribution in [-0.2, 0) is 16.8 Å². The second-order valence-electron chi connectivity index (χ2n) is 5.09. The summed E-state index contributed by atoms with van der Waals surface area (Å²) in [5.74, 6) is 0. The summed E-state index contributed by atoms with van der Waals surface area (Å²) < 4.78 is 6.17. The molecule has 0 saturated carbocycles. The lowest BCUT2D eigenvalue weighted by Crippen LogP contribution is -2.43. The highest BCUT2D eigenvalue weighted by Crippen LogP contribution is 2.45. The number of ether oxygens (including phenoxy) is 1. The van der Waals surface area contributed by atoms with Gasteiger partial charge in [-0.3, -0.25) is 0 Å². The third-order valence-corrected chi connectivity index (χ3v) is 5.33. The van der Waals surface area contributed by atoms with Crippen LogP contribution in [0.4, 0.5) is 0 Å². The average Bonchev–Trinajstić information content (AvgIpc) is 2.76. The molecule has 0 atom stereocenters. The predicted molar refractivity (Wildman–Crippen MR) is 72.5 cm³/mol. The van der Waals surface area contributed by atoms with Crippen molar-refractivity contribution in [3.8, 4) is 0 Å². The molecular weight excluding hydrogens is 230 g/mol. The second kappa shape index (κ2) is 4.23. The minimum atomic E-state index is 0.0111. The fourth-order valence-electron chi connectivity index (χ4n) is 2.83. The lowest BCUT2D eigenvalue weighted by molar-refractivity contribution is -0.0771. The van der Waals surface area contributed by atoms with Gasteiger partial charge in [0, 0.05) is 9.75 Å². The number of fused-ring (bicyclic) bond motifs is 2. The zero-order chi connectivity index (χ0) is 11.9. The molecule has 3 heterocycles. The number of allylic oxidation sites excluding steroid dienone is 1. The number of thiophene rings is 1. The van der Waals surface area contributed by atoms with Crippen LogP contribution in [0.25, 0.3) is 5.57 Å². The Hall–Kier alpha value is -0.640. The molecule has 0 aliphatic carbocycles. The number of rotatable bonds is 1. The monoisotopic (exact) mass is 249 g/mol. The zero-order valence-electron chi connectivity index (χ0n) is 10.3. The molecule has 0 radical (unpaired) electrons. The minimum absolute atomic E-state index is 0.0111. The van der Waals surface area contributed by atoms with Gasteiger partial charge in [-0.2, -0.15) is 0 Å². The first-order valence-electron chi connectivity index (χ1n) is 6.35. The van der Waals surface area contributed by atoms with Gasteiger partial charge in [-0.15, -0.1) is 11.3 Å². The summed E-state index contributed by atoms with van der Waals surface area (Å²) in [4.78, 5) is 2.81. The lowest BCUT2D eigenvalue weighted by atomic mass is 9.86. The largest absolute Gasteiger partial charge is 0.369 e. The molecule has 2 aliphatic rings. The summed E-state index contributed by atoms with van der Waals surface area (Å²) in [7, 11) is 0. The maximum Gasteiger partial charge on any atom is 0.105 e. The van der Waals surface area contributed by atoms with Crippen LogP contribution in [0.3, 0.4) is 0 Å². The van der Waals surface area contributed by atoms with Crippen LogP contribution in [0, 0.1) is 0 Å². The van der Waals surface area contributed by atoms with Crippen molar-refractivity contribution in [2.45, 2.75) is 31.8 Å². The van der Waals surface area contributed by atoms with Crippen molar-refractivity contribution < 1.29 is 4.74 Å². The number of nitrogens with one attached hydrogen (secondary N) is 1. The van der Waals surface area contributed by atoms with E-state index < -0.39 is 0 Å². The lowest BCUT2D eigenvalue weighted by Gasteiger charge is -2.40. The van der Waals surface area contributed by atoms with Gasteiger partial charge < -0.3 is 10.1 Å². The minimum Gasteiger partial charge on any atom is -0.369 e. The van der Waals surface area contributed by atoms with Crippen molar-refractivity contribution in [1.82, 2.24) is 5.32 Å². The first-order chi connectivity index (χ1) is 8.21. The topological polar surface area (TPSA) is 21.3 Å². The molecule has 1 aromatic rings. The van der Waals surface area contributed by atoms with Crippen molar-refractivity contribution in [2.75, 3.05) is 19.7 Å². The van der Waals surface area contributed by atoms with Crippen LogP contribution in [0.15, 0.2) is 12.6 Å². The summed E-state index contributed by atoms with van der Waals surface area (Å²) >= 11 is 1.90. The Kier molecular flexibility index (Phi) is 2.85. The molecule has 1 aromatic heterocycles. The van der Waals surface area contributed by atoms with E-state index >= 15 is 0 Å². The molecule has 3 rings (SSSR count). The highest BCUT2D eigenvalue weighted by atomic mass is 32.1. The molecule has 3 heteroatoms. The second-order valence-corrected chi connectivity index (χ2v) is 6.14. The molecule has 0 aromatic carbocycles. The van der Waals surface area contributed by atoms with Crippen LogP contribution >= 0.6 is 11.3 Å². The van der Waals surface area contributed by atoms with Crippen LogP contribution in [0.2, 0.25) is 0 Å². The fourth-order valence-corrected chi connectivity index (χ4v) is 4.17. The highest BCUT2D eigenvalue weighted by Gasteiger charge is 2.40. The van der Waals surface area contributed by atoms with Crippen molar-refractivity contribution in [1.29, 1.82) is 0 Å². The van der Waals surface area contributed by atoms with Gasteiger partial charge in [0.15, 0.2) is 0 Å². The van der Waals surface area contributed by atoms with Crippen LogP contribution in [0.5, 0.6) is 0 Å². The SMILES string of the molecule is C=C(C)c1cc2c(s1)C1(CCNCC1)OCC2. The van der Waals surface area contributed by atoms with Crippen LogP contribution in [-0.4, -0.2) is 19.7 Å². The van der Waals surface area contributed by atoms with Crippen molar-refractivity contribution in [2.24, 2.45) is 0 Å². The van der Waals surface area contributed by atoms with Gasteiger partial charge >= 0.3 is 0 Å². The van der Waals surface area contributed by atoms with Gasteiger partial charge in [0.25, 0.3) is 0 Å². The maximum atomic E-state index is 6.17. The highest BCUT2D eigenvalue weighted by molar-refractivity contribution is 7.13. The molecule has 17 heavy (non-hydrogen) atoms. The van der Waals surface area contributed by atoms with Crippen LogP contribution in [0.1, 0.15) is 35.1 Å². The summed E-state index contributed by atoms with van der Waals surface area (Å²) in [6.07, 6.45) is 3.28. The van der Waals surface area contributed by atoms with Gasteiger partial charge in [0.1, 0.15) is 5.60 Å². The Bertz CT molecular complexity index is 443. The molecule has 92 valence electrons. The molecular formula is C14H19NOS. The Morgan fingerprint density at radius 1 is 1.47 bits per heavy atom. The molecule has 0 unspecified atom stereocenters. The predicted octanol–water partition coefficient (Wildman–Crippen LogP) is 2.93. The molecule has 2 aliphatic heterocycles. The van der Waals surface area contributed by atoms with E-state index in [1.54, 1.807) is 0 Å². The molecule has 1 saturated heterocycles. The van der Waals surface area contributed by atoms with E-state index in [2.05, 4.69) is 24.9 Å². The first kappa shape index (κ1) is 11.5. The summed E-state index contributed by atoms with van der Waals surface area (Å²) in [5, 5.41) is 3.42. The van der Waals surface area contributed by atoms with E-state index in [0.29, 0.717) is 0 Å². The van der Waals surface area contributed by atoms with Crippen molar-refractivity contribution in [3.63, 3.8) is 0 Å². The molecule has 1 spiro atoms. The Labute approximate surface area is 107 Å². The number of hydrogen-bond donors (Lipinski definition) is 1. The number of hydrogen-bond acceptors (Lipinski definition) is 3. The van der Waals surface area contributed by atoms with Gasteiger partial charge in [-0.05, 0) is 56.5 Å². The van der Waals surface area contributed by atoms with Crippen molar-refractivity contribution >= 4 is 16.9 Å². The third kappa shape index (κ3) is 1.86. The molecule has 2 nitrogen and oxygen atoms in total. The molecule has 1 N–H and O–H groups in total. The van der Waals surface area contributed by atoms with Crippen molar-refractivity contribution in [3.05, 3.63) is 28.0 Å². The summed E-state index contributed by atoms with van der Waals surface area (Å²) in [5.41, 5.74) is 2.69. The quantitative estimate of drug-likeness (QED) is 0.826. The standard InChI is InChI=1S/C14H19NOS/c1-10(2)12-9-11-3-8-16-14(13(11)17-12)4-6-15-7-5-14/h9,15H,1,3-8H2,2H3. The van der Waals surface area contributed by atoms with Gasteiger partial charge in [-0.1, -0.05) is 6.58 Å². The van der Waals surface area contributed by atoms with E-state index in [1.807, 2.05) is 11.3 Å². The average molecular weight is 249 g/mol. The van der Waals surface area contributed by atoms with E-state index in [0.717, 1.165) is 39.0 Å². The van der Waals surface area contributed by atoms with Gasteiger partial charge in [0.2, 0.25) is 0 Å². The molecule has 0 amide bonds. The van der Waals surface area contributed by atoms with Crippen LogP contribution < -0.4 is 5.32 Å². The summed E-state index contributed by atoms with van der Waals surface area (Å²) in [6.45, 7) is 9.16. The Morgan fingerprint density at radius 2 is 2.24 bits per heavy atom. The maximum absolute atomic E-state index is 6.17. The Balaban J connectivity index is 2.03. The smallest absolute Gasteiger partial charge is 0.105 e. The van der Waals surface area contributed by atoms with E-state index in [-0.39, 0.29) is 5.60 Å². The molecule has 0 bridgehead atoms.